The molecule has 0 unspecified atom stereocenters. The number of amides is 1. The number of ether oxygens (including phenoxy) is 1. The first-order chi connectivity index (χ1) is 16.2. The van der Waals surface area contributed by atoms with Gasteiger partial charge in [-0.1, -0.05) is 59.1 Å². The molecule has 0 bridgehead atoms. The molecule has 3 aromatic carbocycles. The summed E-state index contributed by atoms with van der Waals surface area (Å²) in [4.78, 5) is 12.8. The second-order valence-electron chi connectivity index (χ2n) is 7.72. The number of carbonyl (C=O) groups excluding carboxylic acids is 1. The molecule has 3 aromatic rings. The van der Waals surface area contributed by atoms with Gasteiger partial charge in [0.1, 0.15) is 12.3 Å². The molecule has 1 N–H and O–H groups in total. The number of benzene rings is 3. The Hall–Kier alpha value is -2.74. The van der Waals surface area contributed by atoms with Crippen LogP contribution in [0.2, 0.25) is 10.0 Å². The molecule has 180 valence electrons. The van der Waals surface area contributed by atoms with Crippen molar-refractivity contribution in [2.75, 3.05) is 24.5 Å². The highest BCUT2D eigenvalue weighted by atomic mass is 35.5. The SMILES string of the molecule is COc1ccccc1CCCNC(=O)CN(c1cc(Cl)cc(Cl)c1)S(=O)(=O)c1ccc(C)cc1. The van der Waals surface area contributed by atoms with Crippen LogP contribution in [0.1, 0.15) is 17.5 Å². The average molecular weight is 521 g/mol. The molecule has 34 heavy (non-hydrogen) atoms. The van der Waals surface area contributed by atoms with Crippen molar-refractivity contribution >= 4 is 44.8 Å². The van der Waals surface area contributed by atoms with Gasteiger partial charge in [-0.3, -0.25) is 9.10 Å². The minimum atomic E-state index is -4.04. The summed E-state index contributed by atoms with van der Waals surface area (Å²) in [7, 11) is -2.43. The first-order valence-corrected chi connectivity index (χ1v) is 12.8. The van der Waals surface area contributed by atoms with Gasteiger partial charge in [0.05, 0.1) is 17.7 Å². The van der Waals surface area contributed by atoms with E-state index in [-0.39, 0.29) is 20.6 Å². The van der Waals surface area contributed by atoms with E-state index in [9.17, 15) is 13.2 Å². The number of para-hydroxylation sites is 1. The summed E-state index contributed by atoms with van der Waals surface area (Å²) in [6, 6.07) is 18.5. The predicted octanol–water partition coefficient (Wildman–Crippen LogP) is 5.25. The van der Waals surface area contributed by atoms with Gasteiger partial charge in [-0.25, -0.2) is 8.42 Å². The molecule has 3 rings (SSSR count). The molecule has 0 heterocycles. The van der Waals surface area contributed by atoms with E-state index in [2.05, 4.69) is 5.32 Å². The molecule has 0 aliphatic heterocycles. The topological polar surface area (TPSA) is 75.7 Å². The van der Waals surface area contributed by atoms with Crippen LogP contribution in [0.25, 0.3) is 0 Å². The highest BCUT2D eigenvalue weighted by Gasteiger charge is 2.27. The molecule has 0 spiro atoms. The Labute approximate surface area is 210 Å². The van der Waals surface area contributed by atoms with Crippen LogP contribution in [0.15, 0.2) is 71.6 Å². The van der Waals surface area contributed by atoms with Crippen LogP contribution >= 0.6 is 23.2 Å². The summed E-state index contributed by atoms with van der Waals surface area (Å²) in [5.74, 6) is 0.355. The number of hydrogen-bond donors (Lipinski definition) is 1. The molecule has 0 atom stereocenters. The van der Waals surface area contributed by atoms with Crippen LogP contribution in [0.5, 0.6) is 5.75 Å². The molecule has 0 aliphatic rings. The first kappa shape index (κ1) is 25.9. The van der Waals surface area contributed by atoms with Crippen molar-refractivity contribution < 1.29 is 17.9 Å². The van der Waals surface area contributed by atoms with Gasteiger partial charge in [-0.15, -0.1) is 0 Å². The van der Waals surface area contributed by atoms with Crippen molar-refractivity contribution in [3.8, 4) is 5.75 Å². The third-order valence-electron chi connectivity index (χ3n) is 5.17. The Balaban J connectivity index is 1.74. The van der Waals surface area contributed by atoms with Crippen molar-refractivity contribution in [1.82, 2.24) is 5.32 Å². The van der Waals surface area contributed by atoms with Gasteiger partial charge in [-0.05, 0) is 61.7 Å². The molecule has 1 amide bonds. The fraction of sp³-hybridized carbons (Fsp3) is 0.240. The number of anilines is 1. The van der Waals surface area contributed by atoms with Gasteiger partial charge < -0.3 is 10.1 Å². The van der Waals surface area contributed by atoms with E-state index in [0.29, 0.717) is 19.4 Å². The van der Waals surface area contributed by atoms with E-state index in [1.165, 1.54) is 30.3 Å². The number of carbonyl (C=O) groups is 1. The molecule has 0 aliphatic carbocycles. The Kier molecular flexibility index (Phi) is 8.83. The fourth-order valence-electron chi connectivity index (χ4n) is 3.44. The number of rotatable bonds is 10. The zero-order chi connectivity index (χ0) is 24.7. The lowest BCUT2D eigenvalue weighted by Gasteiger charge is -2.24. The number of nitrogens with one attached hydrogen (secondary N) is 1. The Morgan fingerprint density at radius 3 is 2.29 bits per heavy atom. The van der Waals surface area contributed by atoms with Gasteiger partial charge in [0.15, 0.2) is 0 Å². The van der Waals surface area contributed by atoms with E-state index in [0.717, 1.165) is 21.2 Å². The molecule has 0 saturated heterocycles. The number of sulfonamides is 1. The maximum Gasteiger partial charge on any atom is 0.264 e. The Morgan fingerprint density at radius 1 is 1.00 bits per heavy atom. The number of halogens is 2. The van der Waals surface area contributed by atoms with Crippen molar-refractivity contribution in [3.63, 3.8) is 0 Å². The average Bonchev–Trinajstić information content (AvgIpc) is 2.80. The molecule has 6 nitrogen and oxygen atoms in total. The van der Waals surface area contributed by atoms with E-state index < -0.39 is 22.5 Å². The standard InChI is InChI=1S/C25H26Cl2N2O4S/c1-18-9-11-23(12-10-18)34(31,32)29(22-15-20(26)14-21(27)16-22)17-25(30)28-13-5-7-19-6-3-4-8-24(19)33-2/h3-4,6,8-12,14-16H,5,7,13,17H2,1-2H3,(H,28,30). The first-order valence-electron chi connectivity index (χ1n) is 10.6. The number of aryl methyl sites for hydroxylation is 2. The molecular formula is C25H26Cl2N2O4S. The molecule has 0 radical (unpaired) electrons. The monoisotopic (exact) mass is 520 g/mol. The van der Waals surface area contributed by atoms with Crippen molar-refractivity contribution in [2.24, 2.45) is 0 Å². The van der Waals surface area contributed by atoms with E-state index in [1.807, 2.05) is 31.2 Å². The zero-order valence-electron chi connectivity index (χ0n) is 18.9. The van der Waals surface area contributed by atoms with Gasteiger partial charge in [0, 0.05) is 16.6 Å². The highest BCUT2D eigenvalue weighted by Crippen LogP contribution is 2.29. The van der Waals surface area contributed by atoms with Crippen LogP contribution in [-0.4, -0.2) is 34.5 Å². The Bertz CT molecular complexity index is 1230. The minimum absolute atomic E-state index is 0.0678. The normalized spacial score (nSPS) is 11.2. The summed E-state index contributed by atoms with van der Waals surface area (Å²) < 4.78 is 33.2. The van der Waals surface area contributed by atoms with E-state index in [1.54, 1.807) is 19.2 Å². The predicted molar refractivity (Wildman–Crippen MR) is 136 cm³/mol. The number of methoxy groups -OCH3 is 1. The molecule has 9 heteroatoms. The quantitative estimate of drug-likeness (QED) is 0.370. The lowest BCUT2D eigenvalue weighted by molar-refractivity contribution is -0.119. The van der Waals surface area contributed by atoms with Crippen LogP contribution < -0.4 is 14.4 Å². The Morgan fingerprint density at radius 2 is 1.65 bits per heavy atom. The summed E-state index contributed by atoms with van der Waals surface area (Å²) in [5.41, 5.74) is 2.17. The molecule has 0 fully saturated rings. The lowest BCUT2D eigenvalue weighted by Crippen LogP contribution is -2.41. The smallest absolute Gasteiger partial charge is 0.264 e. The van der Waals surface area contributed by atoms with E-state index >= 15 is 0 Å². The number of nitrogens with zero attached hydrogens (tertiary/aromatic N) is 1. The molecular weight excluding hydrogens is 495 g/mol. The molecule has 0 saturated carbocycles. The van der Waals surface area contributed by atoms with Crippen LogP contribution in [-0.2, 0) is 21.2 Å². The van der Waals surface area contributed by atoms with Gasteiger partial charge in [0.2, 0.25) is 5.91 Å². The zero-order valence-corrected chi connectivity index (χ0v) is 21.3. The second kappa shape index (κ2) is 11.6. The highest BCUT2D eigenvalue weighted by molar-refractivity contribution is 7.92. The number of hydrogen-bond acceptors (Lipinski definition) is 4. The van der Waals surface area contributed by atoms with Crippen LogP contribution in [0, 0.1) is 6.92 Å². The maximum absolute atomic E-state index is 13.4. The maximum atomic E-state index is 13.4. The largest absolute Gasteiger partial charge is 0.496 e. The summed E-state index contributed by atoms with van der Waals surface area (Å²) in [6.45, 7) is 1.83. The van der Waals surface area contributed by atoms with Gasteiger partial charge >= 0.3 is 0 Å². The van der Waals surface area contributed by atoms with Crippen LogP contribution in [0.4, 0.5) is 5.69 Å². The van der Waals surface area contributed by atoms with Crippen molar-refractivity contribution in [1.29, 1.82) is 0 Å². The third kappa shape index (κ3) is 6.65. The van der Waals surface area contributed by atoms with Gasteiger partial charge in [0.25, 0.3) is 10.0 Å². The minimum Gasteiger partial charge on any atom is -0.496 e. The third-order valence-corrected chi connectivity index (χ3v) is 7.39. The van der Waals surface area contributed by atoms with E-state index in [4.69, 9.17) is 27.9 Å². The van der Waals surface area contributed by atoms with Crippen LogP contribution in [0.3, 0.4) is 0 Å². The van der Waals surface area contributed by atoms with Crippen molar-refractivity contribution in [2.45, 2.75) is 24.7 Å². The summed E-state index contributed by atoms with van der Waals surface area (Å²) >= 11 is 12.2. The summed E-state index contributed by atoms with van der Waals surface area (Å²) in [6.07, 6.45) is 1.37. The lowest BCUT2D eigenvalue weighted by atomic mass is 10.1. The van der Waals surface area contributed by atoms with Gasteiger partial charge in [-0.2, -0.15) is 0 Å². The second-order valence-corrected chi connectivity index (χ2v) is 10.5. The molecule has 0 aromatic heterocycles. The fourth-order valence-corrected chi connectivity index (χ4v) is 5.36. The van der Waals surface area contributed by atoms with Crippen molar-refractivity contribution in [3.05, 3.63) is 87.9 Å². The summed E-state index contributed by atoms with van der Waals surface area (Å²) in [5, 5.41) is 3.34.